The Morgan fingerprint density at radius 3 is 2.56 bits per heavy atom. The molecule has 0 spiro atoms. The first-order chi connectivity index (χ1) is 15.4. The van der Waals surface area contributed by atoms with Crippen molar-refractivity contribution in [3.63, 3.8) is 0 Å². The van der Waals surface area contributed by atoms with E-state index >= 15 is 0 Å². The summed E-state index contributed by atoms with van der Waals surface area (Å²) in [7, 11) is -3.47. The minimum Gasteiger partial charge on any atom is -0.494 e. The van der Waals surface area contributed by atoms with Crippen molar-refractivity contribution in [2.75, 3.05) is 17.6 Å². The van der Waals surface area contributed by atoms with Crippen molar-refractivity contribution in [2.45, 2.75) is 19.4 Å². The molecular weight excluding hydrogens is 446 g/mol. The molecule has 1 atom stereocenters. The van der Waals surface area contributed by atoms with Crippen LogP contribution in [0.1, 0.15) is 40.2 Å². The van der Waals surface area contributed by atoms with Gasteiger partial charge in [-0.25, -0.2) is 13.4 Å². The van der Waals surface area contributed by atoms with Gasteiger partial charge in [0.05, 0.1) is 35.2 Å². The number of carbonyl (C=O) groups is 1. The number of sulfonamides is 1. The van der Waals surface area contributed by atoms with Crippen LogP contribution in [0.4, 0.5) is 5.69 Å². The molecule has 1 aromatic heterocycles. The van der Waals surface area contributed by atoms with E-state index in [0.29, 0.717) is 34.9 Å². The number of hydrogen-bond acceptors (Lipinski definition) is 6. The first-order valence-corrected chi connectivity index (χ1v) is 12.9. The Bertz CT molecular complexity index is 1240. The Hall–Kier alpha value is -3.17. The van der Waals surface area contributed by atoms with E-state index in [2.05, 4.69) is 9.82 Å². The van der Waals surface area contributed by atoms with Gasteiger partial charge in [0.25, 0.3) is 5.91 Å². The summed E-state index contributed by atoms with van der Waals surface area (Å²) in [5.74, 6) is 0.566. The average molecular weight is 470 g/mol. The van der Waals surface area contributed by atoms with Gasteiger partial charge in [0.1, 0.15) is 5.75 Å². The summed E-state index contributed by atoms with van der Waals surface area (Å²) in [5.41, 5.74) is 2.64. The molecular formula is C23H23N3O4S2. The molecule has 0 bridgehead atoms. The lowest BCUT2D eigenvalue weighted by molar-refractivity contribution is 0.0716. The van der Waals surface area contributed by atoms with Crippen LogP contribution in [-0.2, 0) is 10.0 Å². The van der Waals surface area contributed by atoms with Gasteiger partial charge in [0.15, 0.2) is 0 Å². The molecule has 2 heterocycles. The maximum absolute atomic E-state index is 13.2. The molecule has 32 heavy (non-hydrogen) atoms. The highest BCUT2D eigenvalue weighted by atomic mass is 32.2. The van der Waals surface area contributed by atoms with Gasteiger partial charge in [0, 0.05) is 12.0 Å². The molecule has 2 aromatic carbocycles. The number of nitrogens with one attached hydrogen (secondary N) is 1. The van der Waals surface area contributed by atoms with E-state index < -0.39 is 10.0 Å². The van der Waals surface area contributed by atoms with E-state index in [0.717, 1.165) is 17.6 Å². The monoisotopic (exact) mass is 469 g/mol. The number of carbonyl (C=O) groups excluding carboxylic acids is 1. The Morgan fingerprint density at radius 1 is 1.16 bits per heavy atom. The number of hydrazone groups is 1. The number of rotatable bonds is 7. The van der Waals surface area contributed by atoms with E-state index in [1.807, 2.05) is 48.7 Å². The third-order valence-corrected chi connectivity index (χ3v) is 6.41. The molecule has 0 saturated heterocycles. The molecule has 1 aliphatic heterocycles. The van der Waals surface area contributed by atoms with Crippen LogP contribution in [-0.4, -0.2) is 37.9 Å². The first-order valence-electron chi connectivity index (χ1n) is 10.1. The van der Waals surface area contributed by atoms with Crippen molar-refractivity contribution in [1.82, 2.24) is 5.01 Å². The molecule has 3 aromatic rings. The standard InChI is InChI=1S/C23H23N3O4S2/c1-3-30-17-12-10-16(11-13-17)21-15-20(24-26(21)23(27)22-9-6-14-31-22)18-7-4-5-8-19(18)25-32(2,28)29/h4-14,21,25H,3,15H2,1-2H3. The van der Waals surface area contributed by atoms with Crippen molar-refractivity contribution < 1.29 is 17.9 Å². The number of nitrogens with zero attached hydrogens (tertiary/aromatic N) is 2. The smallest absolute Gasteiger partial charge is 0.284 e. The van der Waals surface area contributed by atoms with Crippen LogP contribution in [0.2, 0.25) is 0 Å². The summed E-state index contributed by atoms with van der Waals surface area (Å²) in [6.45, 7) is 2.50. The van der Waals surface area contributed by atoms with Crippen LogP contribution in [0, 0.1) is 0 Å². The number of ether oxygens (including phenoxy) is 1. The van der Waals surface area contributed by atoms with E-state index in [9.17, 15) is 13.2 Å². The average Bonchev–Trinajstić information content (AvgIpc) is 3.44. The van der Waals surface area contributed by atoms with Crippen molar-refractivity contribution >= 4 is 38.7 Å². The fraction of sp³-hybridized carbons (Fsp3) is 0.217. The fourth-order valence-electron chi connectivity index (χ4n) is 3.61. The zero-order valence-corrected chi connectivity index (χ0v) is 19.3. The molecule has 0 radical (unpaired) electrons. The lowest BCUT2D eigenvalue weighted by Gasteiger charge is -2.21. The van der Waals surface area contributed by atoms with Crippen molar-refractivity contribution in [3.05, 3.63) is 82.0 Å². The van der Waals surface area contributed by atoms with Crippen LogP contribution in [0.15, 0.2) is 71.1 Å². The number of anilines is 1. The summed E-state index contributed by atoms with van der Waals surface area (Å²) < 4.78 is 31.8. The maximum Gasteiger partial charge on any atom is 0.284 e. The molecule has 7 nitrogen and oxygen atoms in total. The van der Waals surface area contributed by atoms with Crippen LogP contribution in [0.25, 0.3) is 0 Å². The summed E-state index contributed by atoms with van der Waals surface area (Å²) in [6.07, 6.45) is 1.56. The Kier molecular flexibility index (Phi) is 6.29. The van der Waals surface area contributed by atoms with Crippen molar-refractivity contribution in [2.24, 2.45) is 5.10 Å². The predicted molar refractivity (Wildman–Crippen MR) is 127 cm³/mol. The van der Waals surface area contributed by atoms with E-state index in [4.69, 9.17) is 4.74 Å². The van der Waals surface area contributed by atoms with Gasteiger partial charge in [-0.2, -0.15) is 5.10 Å². The molecule has 0 saturated carbocycles. The Balaban J connectivity index is 1.72. The third kappa shape index (κ3) is 4.84. The third-order valence-electron chi connectivity index (χ3n) is 4.96. The van der Waals surface area contributed by atoms with Gasteiger partial charge in [-0.3, -0.25) is 9.52 Å². The summed E-state index contributed by atoms with van der Waals surface area (Å²) in [6, 6.07) is 18.0. The van der Waals surface area contributed by atoms with Gasteiger partial charge in [-0.1, -0.05) is 36.4 Å². The van der Waals surface area contributed by atoms with E-state index in [1.165, 1.54) is 16.3 Å². The number of hydrogen-bond donors (Lipinski definition) is 1. The van der Waals surface area contributed by atoms with Gasteiger partial charge >= 0.3 is 0 Å². The number of thiophene rings is 1. The predicted octanol–water partition coefficient (Wildman–Crippen LogP) is 4.51. The Labute approximate surface area is 191 Å². The second kappa shape index (κ2) is 9.13. The SMILES string of the molecule is CCOc1ccc(C2CC(c3ccccc3NS(C)(=O)=O)=NN2C(=O)c2cccs2)cc1. The zero-order chi connectivity index (χ0) is 22.7. The summed E-state index contributed by atoms with van der Waals surface area (Å²) >= 11 is 1.36. The fourth-order valence-corrected chi connectivity index (χ4v) is 4.84. The minimum absolute atomic E-state index is 0.192. The molecule has 0 aliphatic carbocycles. The van der Waals surface area contributed by atoms with Crippen molar-refractivity contribution in [1.29, 1.82) is 0 Å². The molecule has 1 N–H and O–H groups in total. The minimum atomic E-state index is -3.47. The maximum atomic E-state index is 13.2. The highest BCUT2D eigenvalue weighted by molar-refractivity contribution is 7.92. The molecule has 1 aliphatic rings. The van der Waals surface area contributed by atoms with E-state index in [-0.39, 0.29) is 11.9 Å². The molecule has 166 valence electrons. The van der Waals surface area contributed by atoms with Gasteiger partial charge in [0.2, 0.25) is 10.0 Å². The summed E-state index contributed by atoms with van der Waals surface area (Å²) in [4.78, 5) is 13.8. The van der Waals surface area contributed by atoms with Gasteiger partial charge in [-0.15, -0.1) is 11.3 Å². The molecule has 1 amide bonds. The van der Waals surface area contributed by atoms with E-state index in [1.54, 1.807) is 24.3 Å². The lowest BCUT2D eigenvalue weighted by Crippen LogP contribution is -2.26. The molecule has 0 fully saturated rings. The molecule has 1 unspecified atom stereocenters. The number of para-hydroxylation sites is 1. The first kappa shape index (κ1) is 22.0. The van der Waals surface area contributed by atoms with Crippen LogP contribution < -0.4 is 9.46 Å². The number of benzene rings is 2. The normalized spacial score (nSPS) is 16.0. The second-order valence-corrected chi connectivity index (χ2v) is 10.0. The largest absolute Gasteiger partial charge is 0.494 e. The Morgan fingerprint density at radius 2 is 1.91 bits per heavy atom. The molecule has 4 rings (SSSR count). The quantitative estimate of drug-likeness (QED) is 0.551. The summed E-state index contributed by atoms with van der Waals surface area (Å²) in [5, 5.41) is 8.01. The van der Waals surface area contributed by atoms with Crippen molar-refractivity contribution in [3.8, 4) is 5.75 Å². The zero-order valence-electron chi connectivity index (χ0n) is 17.7. The second-order valence-electron chi connectivity index (χ2n) is 7.32. The van der Waals surface area contributed by atoms with Gasteiger partial charge < -0.3 is 4.74 Å². The topological polar surface area (TPSA) is 88.1 Å². The highest BCUT2D eigenvalue weighted by Crippen LogP contribution is 2.36. The van der Waals surface area contributed by atoms with Crippen LogP contribution in [0.3, 0.4) is 0 Å². The lowest BCUT2D eigenvalue weighted by atomic mass is 9.97. The highest BCUT2D eigenvalue weighted by Gasteiger charge is 2.34. The molecule has 9 heteroatoms. The van der Waals surface area contributed by atoms with Crippen LogP contribution >= 0.6 is 11.3 Å². The van der Waals surface area contributed by atoms with Crippen LogP contribution in [0.5, 0.6) is 5.75 Å². The van der Waals surface area contributed by atoms with Gasteiger partial charge in [-0.05, 0) is 42.1 Å². The number of amides is 1.